The monoisotopic (exact) mass is 306 g/mol. The highest BCUT2D eigenvalue weighted by Crippen LogP contribution is 2.20. The van der Waals surface area contributed by atoms with Gasteiger partial charge < -0.3 is 10.2 Å². The first kappa shape index (κ1) is 16.2. The summed E-state index contributed by atoms with van der Waals surface area (Å²) < 4.78 is 13.6. The highest BCUT2D eigenvalue weighted by molar-refractivity contribution is 6.31. The number of rotatable bonds is 2. The lowest BCUT2D eigenvalue weighted by Gasteiger charge is -2.32. The minimum atomic E-state index is -0.418. The molecule has 1 fully saturated rings. The minimum Gasteiger partial charge on any atom is -0.340 e. The first-order chi connectivity index (χ1) is 8.58. The Morgan fingerprint density at radius 3 is 2.95 bits per heavy atom. The number of benzene rings is 1. The van der Waals surface area contributed by atoms with Gasteiger partial charge in [-0.15, -0.1) is 12.4 Å². The van der Waals surface area contributed by atoms with E-state index in [0.29, 0.717) is 18.1 Å². The van der Waals surface area contributed by atoms with Crippen LogP contribution in [0.4, 0.5) is 4.39 Å². The minimum absolute atomic E-state index is 0. The van der Waals surface area contributed by atoms with Crippen LogP contribution in [-0.4, -0.2) is 36.5 Å². The number of piperazine rings is 1. The summed E-state index contributed by atoms with van der Waals surface area (Å²) >= 11 is 5.92. The number of hydrogen-bond donors (Lipinski definition) is 1. The van der Waals surface area contributed by atoms with Crippen molar-refractivity contribution >= 4 is 29.9 Å². The number of carbonyl (C=O) groups is 1. The van der Waals surface area contributed by atoms with Gasteiger partial charge in [-0.05, 0) is 19.1 Å². The van der Waals surface area contributed by atoms with E-state index >= 15 is 0 Å². The normalized spacial score (nSPS) is 18.9. The van der Waals surface area contributed by atoms with Crippen molar-refractivity contribution < 1.29 is 9.18 Å². The standard InChI is InChI=1S/C13H16ClFN2O.ClH/c1-9-8-17(6-5-16-9)13(18)7-10-11(14)3-2-4-12(10)15;/h2-4,9,16H,5-8H2,1H3;1H. The molecule has 0 bridgehead atoms. The van der Waals surface area contributed by atoms with E-state index < -0.39 is 5.82 Å². The highest BCUT2D eigenvalue weighted by Gasteiger charge is 2.22. The van der Waals surface area contributed by atoms with Crippen LogP contribution in [0.1, 0.15) is 12.5 Å². The van der Waals surface area contributed by atoms with Crippen molar-refractivity contribution in [1.29, 1.82) is 0 Å². The van der Waals surface area contributed by atoms with Gasteiger partial charge in [-0.3, -0.25) is 4.79 Å². The van der Waals surface area contributed by atoms with Crippen molar-refractivity contribution in [3.05, 3.63) is 34.6 Å². The van der Waals surface area contributed by atoms with E-state index in [1.807, 2.05) is 6.92 Å². The Labute approximate surface area is 123 Å². The third-order valence-corrected chi connectivity index (χ3v) is 3.47. The maximum Gasteiger partial charge on any atom is 0.227 e. The van der Waals surface area contributed by atoms with Gasteiger partial charge in [0, 0.05) is 36.3 Å². The third-order valence-electron chi connectivity index (χ3n) is 3.11. The molecule has 1 unspecified atom stereocenters. The second-order valence-corrected chi connectivity index (χ2v) is 4.98. The van der Waals surface area contributed by atoms with Crippen molar-refractivity contribution in [3.63, 3.8) is 0 Å². The molecule has 106 valence electrons. The van der Waals surface area contributed by atoms with Crippen LogP contribution in [0.25, 0.3) is 0 Å². The van der Waals surface area contributed by atoms with E-state index in [-0.39, 0.29) is 36.3 Å². The molecule has 1 aliphatic rings. The number of carbonyl (C=O) groups excluding carboxylic acids is 1. The fourth-order valence-electron chi connectivity index (χ4n) is 2.12. The van der Waals surface area contributed by atoms with Crippen LogP contribution >= 0.6 is 24.0 Å². The van der Waals surface area contributed by atoms with Crippen LogP contribution in [0.2, 0.25) is 5.02 Å². The molecule has 0 spiro atoms. The molecule has 3 nitrogen and oxygen atoms in total. The smallest absolute Gasteiger partial charge is 0.227 e. The SMILES string of the molecule is CC1CN(C(=O)Cc2c(F)cccc2Cl)CCN1.Cl. The van der Waals surface area contributed by atoms with Gasteiger partial charge >= 0.3 is 0 Å². The molecule has 1 saturated heterocycles. The topological polar surface area (TPSA) is 32.3 Å². The molecule has 0 aliphatic carbocycles. The quantitative estimate of drug-likeness (QED) is 0.909. The fraction of sp³-hybridized carbons (Fsp3) is 0.462. The van der Waals surface area contributed by atoms with Crippen molar-refractivity contribution in [3.8, 4) is 0 Å². The van der Waals surface area contributed by atoms with Gasteiger partial charge in [0.25, 0.3) is 0 Å². The van der Waals surface area contributed by atoms with Gasteiger partial charge in [-0.1, -0.05) is 17.7 Å². The molecule has 1 amide bonds. The largest absolute Gasteiger partial charge is 0.340 e. The molecule has 0 radical (unpaired) electrons. The van der Waals surface area contributed by atoms with Crippen molar-refractivity contribution in [2.75, 3.05) is 19.6 Å². The van der Waals surface area contributed by atoms with E-state index in [2.05, 4.69) is 5.32 Å². The summed E-state index contributed by atoms with van der Waals surface area (Å²) in [4.78, 5) is 13.8. The number of nitrogens with one attached hydrogen (secondary N) is 1. The maximum absolute atomic E-state index is 13.6. The average molecular weight is 307 g/mol. The first-order valence-corrected chi connectivity index (χ1v) is 6.40. The van der Waals surface area contributed by atoms with E-state index in [4.69, 9.17) is 11.6 Å². The predicted molar refractivity (Wildman–Crippen MR) is 76.4 cm³/mol. The molecule has 1 atom stereocenters. The third kappa shape index (κ3) is 4.06. The summed E-state index contributed by atoms with van der Waals surface area (Å²) in [6.45, 7) is 4.12. The Bertz CT molecular complexity index is 436. The van der Waals surface area contributed by atoms with Crippen LogP contribution in [0.5, 0.6) is 0 Å². The van der Waals surface area contributed by atoms with E-state index in [1.54, 1.807) is 17.0 Å². The number of hydrogen-bond acceptors (Lipinski definition) is 2. The molecule has 1 N–H and O–H groups in total. The summed E-state index contributed by atoms with van der Waals surface area (Å²) in [7, 11) is 0. The van der Waals surface area contributed by atoms with Crippen molar-refractivity contribution in [1.82, 2.24) is 10.2 Å². The second kappa shape index (κ2) is 7.08. The summed E-state index contributed by atoms with van der Waals surface area (Å²) in [6, 6.07) is 4.75. The summed E-state index contributed by atoms with van der Waals surface area (Å²) in [6.07, 6.45) is 0.0260. The zero-order valence-electron chi connectivity index (χ0n) is 10.7. The molecule has 1 heterocycles. The van der Waals surface area contributed by atoms with Crippen LogP contribution < -0.4 is 5.32 Å². The number of halogens is 3. The van der Waals surface area contributed by atoms with Gasteiger partial charge in [0.15, 0.2) is 0 Å². The molecule has 0 saturated carbocycles. The molecule has 2 rings (SSSR count). The van der Waals surface area contributed by atoms with Crippen molar-refractivity contribution in [2.45, 2.75) is 19.4 Å². The molecule has 0 aromatic heterocycles. The average Bonchev–Trinajstić information content (AvgIpc) is 2.34. The Kier molecular flexibility index (Phi) is 6.04. The zero-order chi connectivity index (χ0) is 13.1. The van der Waals surface area contributed by atoms with Gasteiger partial charge in [0.1, 0.15) is 5.82 Å². The Balaban J connectivity index is 0.00000180. The summed E-state index contributed by atoms with van der Waals surface area (Å²) in [5.41, 5.74) is 0.287. The van der Waals surface area contributed by atoms with Gasteiger partial charge in [-0.2, -0.15) is 0 Å². The van der Waals surface area contributed by atoms with E-state index in [0.717, 1.165) is 6.54 Å². The van der Waals surface area contributed by atoms with Crippen LogP contribution in [0.15, 0.2) is 18.2 Å². The Hall–Kier alpha value is -0.840. The van der Waals surface area contributed by atoms with Gasteiger partial charge in [-0.25, -0.2) is 4.39 Å². The van der Waals surface area contributed by atoms with Crippen molar-refractivity contribution in [2.24, 2.45) is 0 Å². The maximum atomic E-state index is 13.6. The molecule has 1 aliphatic heterocycles. The van der Waals surface area contributed by atoms with Gasteiger partial charge in [0.05, 0.1) is 6.42 Å². The zero-order valence-corrected chi connectivity index (χ0v) is 12.2. The molecular weight excluding hydrogens is 290 g/mol. The fourth-order valence-corrected chi connectivity index (χ4v) is 2.35. The van der Waals surface area contributed by atoms with Gasteiger partial charge in [0.2, 0.25) is 5.91 Å². The number of amides is 1. The Morgan fingerprint density at radius 1 is 1.58 bits per heavy atom. The lowest BCUT2D eigenvalue weighted by molar-refractivity contribution is -0.131. The van der Waals surface area contributed by atoms with Crippen LogP contribution in [0, 0.1) is 5.82 Å². The molecule has 1 aromatic carbocycles. The van der Waals surface area contributed by atoms with E-state index in [9.17, 15) is 9.18 Å². The highest BCUT2D eigenvalue weighted by atomic mass is 35.5. The number of nitrogens with zero attached hydrogens (tertiary/aromatic N) is 1. The molecular formula is C13H17Cl2FN2O. The lowest BCUT2D eigenvalue weighted by atomic mass is 10.1. The Morgan fingerprint density at radius 2 is 2.32 bits per heavy atom. The van der Waals surface area contributed by atoms with Crippen LogP contribution in [0.3, 0.4) is 0 Å². The first-order valence-electron chi connectivity index (χ1n) is 6.02. The second-order valence-electron chi connectivity index (χ2n) is 4.57. The predicted octanol–water partition coefficient (Wildman–Crippen LogP) is 2.26. The van der Waals surface area contributed by atoms with E-state index in [1.165, 1.54) is 6.07 Å². The molecule has 1 aromatic rings. The lowest BCUT2D eigenvalue weighted by Crippen LogP contribution is -2.51. The summed E-state index contributed by atoms with van der Waals surface area (Å²) in [5, 5.41) is 3.57. The molecule has 6 heteroatoms. The van der Waals surface area contributed by atoms with Crippen LogP contribution in [-0.2, 0) is 11.2 Å². The summed E-state index contributed by atoms with van der Waals surface area (Å²) in [5.74, 6) is -0.491. The molecule has 19 heavy (non-hydrogen) atoms.